The van der Waals surface area contributed by atoms with Gasteiger partial charge >= 0.3 is 0 Å². The van der Waals surface area contributed by atoms with Gasteiger partial charge in [-0.25, -0.2) is 0 Å². The molecular weight excluding hydrogens is 151 g/mol. The van der Waals surface area contributed by atoms with Crippen LogP contribution in [0.3, 0.4) is 0 Å². The molecule has 3 heteroatoms. The number of carbonyl (C=O) groups excluding carboxylic acids is 2. The van der Waals surface area contributed by atoms with E-state index in [2.05, 4.69) is 0 Å². The minimum atomic E-state index is -0.345. The van der Waals surface area contributed by atoms with Crippen LogP contribution in [0, 0.1) is 0 Å². The zero-order valence-electron chi connectivity index (χ0n) is 4.86. The van der Waals surface area contributed by atoms with Gasteiger partial charge in [-0.05, 0) is 0 Å². The summed E-state index contributed by atoms with van der Waals surface area (Å²) in [7, 11) is 0. The molecule has 0 aliphatic carbocycles. The number of carbonyl (C=O) groups is 2. The smallest absolute Gasteiger partial charge is 0.197 e. The number of hydrogen-bond donors (Lipinski definition) is 0. The van der Waals surface area contributed by atoms with Crippen molar-refractivity contribution >= 4 is 11.6 Å². The fourth-order valence-corrected chi connectivity index (χ4v) is 0.249. The largest absolute Gasteiger partial charge is 0.291 e. The summed E-state index contributed by atoms with van der Waals surface area (Å²) in [6.45, 7) is 2.95. The Hall–Kier alpha value is -0.154. The third-order valence-corrected chi connectivity index (χ3v) is 0.714. The maximum atomic E-state index is 10.2. The van der Waals surface area contributed by atoms with Crippen molar-refractivity contribution in [3.8, 4) is 0 Å². The summed E-state index contributed by atoms with van der Waals surface area (Å²) in [6.07, 6.45) is 0.329. The van der Waals surface area contributed by atoms with E-state index in [0.29, 0.717) is 6.42 Å². The van der Waals surface area contributed by atoms with Crippen LogP contribution in [0.25, 0.3) is 0 Å². The minimum absolute atomic E-state index is 0. The van der Waals surface area contributed by atoms with Gasteiger partial charge in [-0.2, -0.15) is 0 Å². The molecule has 0 fully saturated rings. The van der Waals surface area contributed by atoms with Gasteiger partial charge in [-0.3, -0.25) is 9.59 Å². The van der Waals surface area contributed by atoms with Crippen LogP contribution >= 0.6 is 0 Å². The third kappa shape index (κ3) is 4.02. The summed E-state index contributed by atoms with van der Waals surface area (Å²) in [6, 6.07) is 0. The second kappa shape index (κ2) is 4.99. The number of ketones is 2. The van der Waals surface area contributed by atoms with E-state index in [0.717, 1.165) is 0 Å². The van der Waals surface area contributed by atoms with Crippen molar-refractivity contribution in [3.63, 3.8) is 0 Å². The summed E-state index contributed by atoms with van der Waals surface area (Å²) in [5.74, 6) is -0.637. The number of Topliss-reactive ketones (excluding diaryl/α,β-unsaturated/α-hetero) is 2. The van der Waals surface area contributed by atoms with E-state index >= 15 is 0 Å². The Labute approximate surface area is 58.8 Å². The van der Waals surface area contributed by atoms with Gasteiger partial charge in [0.1, 0.15) is 0 Å². The minimum Gasteiger partial charge on any atom is -0.291 e. The van der Waals surface area contributed by atoms with Gasteiger partial charge in [0.2, 0.25) is 0 Å². The van der Waals surface area contributed by atoms with Crippen molar-refractivity contribution in [1.29, 1.82) is 0 Å². The zero-order valence-corrected chi connectivity index (χ0v) is 5.90. The first-order valence-electron chi connectivity index (χ1n) is 2.22. The predicted octanol–water partition coefficient (Wildman–Crippen LogP) is 0.552. The first kappa shape index (κ1) is 10.8. The van der Waals surface area contributed by atoms with Gasteiger partial charge in [-0.15, -0.1) is 0 Å². The molecule has 0 saturated heterocycles. The van der Waals surface area contributed by atoms with Crippen molar-refractivity contribution in [2.45, 2.75) is 20.3 Å². The molecule has 0 amide bonds. The molecule has 0 bridgehead atoms. The van der Waals surface area contributed by atoms with Crippen LogP contribution in [-0.2, 0) is 26.4 Å². The maximum absolute atomic E-state index is 10.2. The van der Waals surface area contributed by atoms with Crippen LogP contribution in [0.2, 0.25) is 0 Å². The quantitative estimate of drug-likeness (QED) is 0.551. The molecule has 0 aliphatic heterocycles. The topological polar surface area (TPSA) is 34.1 Å². The molecule has 0 spiro atoms. The first-order valence-corrected chi connectivity index (χ1v) is 2.22. The Morgan fingerprint density at radius 2 is 1.75 bits per heavy atom. The van der Waals surface area contributed by atoms with Crippen LogP contribution in [0.15, 0.2) is 0 Å². The summed E-state index contributed by atoms with van der Waals surface area (Å²) >= 11 is 0. The van der Waals surface area contributed by atoms with Gasteiger partial charge in [0.05, 0.1) is 0 Å². The number of hydrogen-bond acceptors (Lipinski definition) is 2. The second-order valence-corrected chi connectivity index (χ2v) is 1.33. The van der Waals surface area contributed by atoms with Gasteiger partial charge < -0.3 is 0 Å². The summed E-state index contributed by atoms with van der Waals surface area (Å²) < 4.78 is 0. The Kier molecular flexibility index (Phi) is 6.72. The Balaban J connectivity index is 0. The Bertz CT molecular complexity index is 98.6. The number of rotatable bonds is 2. The van der Waals surface area contributed by atoms with E-state index in [9.17, 15) is 9.59 Å². The monoisotopic (exact) mass is 159 g/mol. The molecule has 0 aromatic heterocycles. The Morgan fingerprint density at radius 1 is 1.38 bits per heavy atom. The molecule has 0 aromatic rings. The zero-order chi connectivity index (χ0) is 5.86. The van der Waals surface area contributed by atoms with Crippen molar-refractivity contribution < 1.29 is 26.4 Å². The molecule has 0 N–H and O–H groups in total. The van der Waals surface area contributed by atoms with Crippen LogP contribution in [-0.4, -0.2) is 11.6 Å². The summed E-state index contributed by atoms with van der Waals surface area (Å²) in [4.78, 5) is 20.2. The summed E-state index contributed by atoms with van der Waals surface area (Å²) in [5, 5.41) is 0. The van der Waals surface area contributed by atoms with E-state index in [-0.39, 0.29) is 28.3 Å². The molecule has 0 saturated carbocycles. The first-order chi connectivity index (χ1) is 3.18. The SMILES string of the molecule is CCC(=O)C(C)=O.[Co]. The molecule has 1 radical (unpaired) electrons. The van der Waals surface area contributed by atoms with Crippen LogP contribution in [0.5, 0.6) is 0 Å². The van der Waals surface area contributed by atoms with Crippen molar-refractivity contribution in [2.75, 3.05) is 0 Å². The molecule has 0 unspecified atom stereocenters. The average Bonchev–Trinajstić information content (AvgIpc) is 1.65. The fraction of sp³-hybridized carbons (Fsp3) is 0.600. The molecule has 0 rings (SSSR count). The molecule has 2 nitrogen and oxygen atoms in total. The van der Waals surface area contributed by atoms with Crippen LogP contribution < -0.4 is 0 Å². The fourth-order valence-electron chi connectivity index (χ4n) is 0.249. The molecule has 0 heterocycles. The van der Waals surface area contributed by atoms with Gasteiger partial charge in [-0.1, -0.05) is 6.92 Å². The summed E-state index contributed by atoms with van der Waals surface area (Å²) in [5.41, 5.74) is 0. The van der Waals surface area contributed by atoms with Gasteiger partial charge in [0.25, 0.3) is 0 Å². The predicted molar refractivity (Wildman–Crippen MR) is 26.0 cm³/mol. The maximum Gasteiger partial charge on any atom is 0.197 e. The third-order valence-electron chi connectivity index (χ3n) is 0.714. The van der Waals surface area contributed by atoms with Gasteiger partial charge in [0.15, 0.2) is 11.6 Å². The molecule has 49 valence electrons. The van der Waals surface area contributed by atoms with E-state index in [4.69, 9.17) is 0 Å². The molecule has 0 aliphatic rings. The van der Waals surface area contributed by atoms with E-state index < -0.39 is 0 Å². The van der Waals surface area contributed by atoms with Crippen molar-refractivity contribution in [3.05, 3.63) is 0 Å². The van der Waals surface area contributed by atoms with E-state index in [1.807, 2.05) is 0 Å². The van der Waals surface area contributed by atoms with Crippen molar-refractivity contribution in [2.24, 2.45) is 0 Å². The van der Waals surface area contributed by atoms with Crippen molar-refractivity contribution in [1.82, 2.24) is 0 Å². The molecule has 0 aromatic carbocycles. The molecule has 8 heavy (non-hydrogen) atoms. The second-order valence-electron chi connectivity index (χ2n) is 1.33. The average molecular weight is 159 g/mol. The normalized spacial score (nSPS) is 7.25. The standard InChI is InChI=1S/C5H8O2.Co/c1-3-5(7)4(2)6;/h3H2,1-2H3;. The molecule has 0 atom stereocenters. The van der Waals surface area contributed by atoms with E-state index in [1.54, 1.807) is 6.92 Å². The van der Waals surface area contributed by atoms with Crippen LogP contribution in [0.4, 0.5) is 0 Å². The van der Waals surface area contributed by atoms with Crippen LogP contribution in [0.1, 0.15) is 20.3 Å². The molecular formula is C5H8CoO2. The van der Waals surface area contributed by atoms with Gasteiger partial charge in [0, 0.05) is 30.1 Å². The Morgan fingerprint density at radius 3 is 1.75 bits per heavy atom. The van der Waals surface area contributed by atoms with E-state index in [1.165, 1.54) is 6.92 Å².